The lowest BCUT2D eigenvalue weighted by Crippen LogP contribution is -2.55. The normalized spacial score (nSPS) is 22.3. The third-order valence-electron chi connectivity index (χ3n) is 14.5. The van der Waals surface area contributed by atoms with E-state index in [1.807, 2.05) is 60.9 Å². The van der Waals surface area contributed by atoms with E-state index in [4.69, 9.17) is 19.4 Å². The van der Waals surface area contributed by atoms with Gasteiger partial charge in [0.05, 0.1) is 47.9 Å². The van der Waals surface area contributed by atoms with Gasteiger partial charge in [-0.1, -0.05) is 87.5 Å². The second-order valence-corrected chi connectivity index (χ2v) is 20.2. The van der Waals surface area contributed by atoms with E-state index in [1.165, 1.54) is 7.11 Å². The predicted octanol–water partition coefficient (Wildman–Crippen LogP) is 8.65. The molecule has 4 fully saturated rings. The lowest BCUT2D eigenvalue weighted by Gasteiger charge is -2.36. The Morgan fingerprint density at radius 1 is 0.746 bits per heavy atom. The van der Waals surface area contributed by atoms with Crippen LogP contribution in [0.25, 0.3) is 54.7 Å². The molecule has 5 aromatic carbocycles. The van der Waals surface area contributed by atoms with Crippen LogP contribution >= 0.6 is 0 Å². The number of aromatic amines is 2. The van der Waals surface area contributed by atoms with Crippen LogP contribution in [0.4, 0.5) is 4.79 Å². The number of methoxy groups -OCH3 is 2. The number of H-pyrrole nitrogens is 2. The zero-order chi connectivity index (χ0) is 46.3. The van der Waals surface area contributed by atoms with Crippen LogP contribution in [-0.2, 0) is 23.9 Å². The number of hydrogen-bond acceptors (Lipinski definition) is 8. The monoisotopic (exact) mass is 900 g/mol. The number of nitrogens with one attached hydrogen (secondary N) is 4. The standard InChI is InChI=1S/C53H56N8O6/c1-53(2,3)46(59-52(65)67-5)51(64)61-40-24-35(40)25-42(61)48-55-39-20-16-34-23-32(14-18-37(34)45(39)57-48)31-13-17-36-33(22-31)15-19-38-44(36)56-47(54-38)41-21-28(27-66-4)26-60(41)50(63)43(29-9-7-6-8-10-29)58-49(62)30-11-12-30/h6-10,13-20,22-23,28,30,35,40-43,46H,11-12,21,24-27H2,1-5H3,(H,54,56)(H,55,57)(H,58,62)(H,59,65)/t28-,35?,40+,41-,42-,43+,46+/m0/s1. The first-order valence-electron chi connectivity index (χ1n) is 23.5. The molecular formula is C53H56N8O6. The highest BCUT2D eigenvalue weighted by molar-refractivity contribution is 6.07. The highest BCUT2D eigenvalue weighted by atomic mass is 16.5. The fraction of sp³-hybridized carbons (Fsp3) is 0.396. The van der Waals surface area contributed by atoms with Gasteiger partial charge in [-0.3, -0.25) is 14.4 Å². The SMILES string of the molecule is COC[C@H]1C[C@@H](c2nc3c(ccc4cc(-c5ccc6c(ccc7[nH]c([C@@H]8CC9C[C@H]9N8C(=O)[C@@H](NC(=O)OC)C(C)(C)C)nc76)c5)ccc43)[nH]2)N(C(=O)[C@H](NC(=O)C2CC2)c2ccccc2)C1. The van der Waals surface area contributed by atoms with E-state index in [2.05, 4.69) is 81.3 Å². The summed E-state index contributed by atoms with van der Waals surface area (Å²) in [5.41, 5.74) is 5.87. The number of likely N-dealkylation sites (tertiary alicyclic amines) is 2. The van der Waals surface area contributed by atoms with Gasteiger partial charge in [-0.2, -0.15) is 0 Å². The van der Waals surface area contributed by atoms with E-state index in [0.29, 0.717) is 25.5 Å². The van der Waals surface area contributed by atoms with Crippen molar-refractivity contribution in [3.63, 3.8) is 0 Å². The van der Waals surface area contributed by atoms with Gasteiger partial charge >= 0.3 is 6.09 Å². The molecule has 7 aromatic rings. The Morgan fingerprint density at radius 2 is 1.37 bits per heavy atom. The number of carbonyl (C=O) groups excluding carboxylic acids is 4. The highest BCUT2D eigenvalue weighted by Gasteiger charge is 2.57. The van der Waals surface area contributed by atoms with Crippen LogP contribution in [0.2, 0.25) is 0 Å². The molecular weight excluding hydrogens is 845 g/mol. The molecule has 2 saturated carbocycles. The van der Waals surface area contributed by atoms with Gasteiger partial charge in [0, 0.05) is 42.3 Å². The minimum Gasteiger partial charge on any atom is -0.453 e. The number of benzene rings is 5. The average molecular weight is 901 g/mol. The number of amides is 4. The number of rotatable bonds is 11. The summed E-state index contributed by atoms with van der Waals surface area (Å²) in [7, 11) is 3.00. The number of fused-ring (bicyclic) bond motifs is 7. The first-order chi connectivity index (χ1) is 32.4. The van der Waals surface area contributed by atoms with E-state index < -0.39 is 23.6 Å². The summed E-state index contributed by atoms with van der Waals surface area (Å²) in [4.78, 5) is 75.6. The largest absolute Gasteiger partial charge is 0.453 e. The molecule has 1 unspecified atom stereocenters. The van der Waals surface area contributed by atoms with Crippen molar-refractivity contribution < 1.29 is 28.7 Å². The van der Waals surface area contributed by atoms with Crippen molar-refractivity contribution in [1.82, 2.24) is 40.4 Å². The molecule has 7 atom stereocenters. The summed E-state index contributed by atoms with van der Waals surface area (Å²) < 4.78 is 10.5. The fourth-order valence-electron chi connectivity index (χ4n) is 10.8. The van der Waals surface area contributed by atoms with Crippen molar-refractivity contribution in [2.45, 2.75) is 83.1 Å². The van der Waals surface area contributed by atoms with Crippen LogP contribution in [0.5, 0.6) is 0 Å². The van der Waals surface area contributed by atoms with Gasteiger partial charge in [0.2, 0.25) is 17.7 Å². The lowest BCUT2D eigenvalue weighted by molar-refractivity contribution is -0.138. The summed E-state index contributed by atoms with van der Waals surface area (Å²) in [5, 5.41) is 10.0. The molecule has 2 aliphatic heterocycles. The maximum Gasteiger partial charge on any atom is 0.407 e. The highest BCUT2D eigenvalue weighted by Crippen LogP contribution is 2.54. The first-order valence-corrected chi connectivity index (χ1v) is 23.5. The van der Waals surface area contributed by atoms with Crippen LogP contribution in [0, 0.1) is 23.2 Å². The van der Waals surface area contributed by atoms with Crippen molar-refractivity contribution in [3.8, 4) is 11.1 Å². The fourth-order valence-corrected chi connectivity index (χ4v) is 10.8. The zero-order valence-electron chi connectivity index (χ0n) is 38.5. The Morgan fingerprint density at radius 3 is 1.96 bits per heavy atom. The quantitative estimate of drug-likeness (QED) is 0.0998. The molecule has 67 heavy (non-hydrogen) atoms. The van der Waals surface area contributed by atoms with Gasteiger partial charge in [0.1, 0.15) is 23.7 Å². The summed E-state index contributed by atoms with van der Waals surface area (Å²) in [6.45, 7) is 6.86. The Kier molecular flexibility index (Phi) is 10.6. The maximum absolute atomic E-state index is 14.6. The number of alkyl carbamates (subject to hydrolysis) is 1. The molecule has 4 aliphatic rings. The number of carbonyl (C=O) groups is 4. The minimum absolute atomic E-state index is 0.0329. The van der Waals surface area contributed by atoms with Gasteiger partial charge in [0.15, 0.2) is 0 Å². The molecule has 0 spiro atoms. The van der Waals surface area contributed by atoms with Gasteiger partial charge in [-0.25, -0.2) is 14.8 Å². The number of imidazole rings is 2. The number of ether oxygens (including phenoxy) is 2. The Balaban J connectivity index is 0.868. The third-order valence-corrected chi connectivity index (χ3v) is 14.5. The van der Waals surface area contributed by atoms with Crippen molar-refractivity contribution in [3.05, 3.63) is 108 Å². The number of hydrogen-bond donors (Lipinski definition) is 4. The zero-order valence-corrected chi connectivity index (χ0v) is 38.5. The Labute approximate surface area is 388 Å². The molecule has 2 saturated heterocycles. The van der Waals surface area contributed by atoms with Crippen molar-refractivity contribution in [1.29, 1.82) is 0 Å². The van der Waals surface area contributed by atoms with Crippen molar-refractivity contribution in [2.24, 2.45) is 23.2 Å². The molecule has 0 radical (unpaired) electrons. The summed E-state index contributed by atoms with van der Waals surface area (Å²) >= 11 is 0. The smallest absolute Gasteiger partial charge is 0.407 e. The second kappa shape index (κ2) is 16.5. The topological polar surface area (TPSA) is 175 Å². The van der Waals surface area contributed by atoms with Gasteiger partial charge in [-0.15, -0.1) is 0 Å². The summed E-state index contributed by atoms with van der Waals surface area (Å²) in [5.74, 6) is 1.64. The van der Waals surface area contributed by atoms with E-state index in [1.54, 1.807) is 7.11 Å². The van der Waals surface area contributed by atoms with E-state index in [9.17, 15) is 19.2 Å². The van der Waals surface area contributed by atoms with Gasteiger partial charge in [0.25, 0.3) is 0 Å². The molecule has 4 N–H and O–H groups in total. The van der Waals surface area contributed by atoms with Crippen LogP contribution < -0.4 is 10.6 Å². The Bertz CT molecular complexity index is 3100. The molecule has 4 amide bonds. The molecule has 2 aliphatic carbocycles. The summed E-state index contributed by atoms with van der Waals surface area (Å²) in [6.07, 6.45) is 3.55. The molecule has 14 heteroatoms. The predicted molar refractivity (Wildman–Crippen MR) is 256 cm³/mol. The molecule has 0 bridgehead atoms. The lowest BCUT2D eigenvalue weighted by atomic mass is 9.85. The van der Waals surface area contributed by atoms with Crippen LogP contribution in [0.1, 0.15) is 88.2 Å². The molecule has 4 heterocycles. The molecule has 11 rings (SSSR count). The average Bonchev–Trinajstić information content (AvgIpc) is 4.10. The van der Waals surface area contributed by atoms with Crippen LogP contribution in [0.15, 0.2) is 91.0 Å². The second-order valence-electron chi connectivity index (χ2n) is 20.2. The van der Waals surface area contributed by atoms with Crippen molar-refractivity contribution in [2.75, 3.05) is 27.4 Å². The number of aromatic nitrogens is 4. The molecule has 14 nitrogen and oxygen atoms in total. The van der Waals surface area contributed by atoms with Gasteiger partial charge < -0.3 is 39.9 Å². The minimum atomic E-state index is -0.795. The Hall–Kier alpha value is -6.80. The molecule has 344 valence electrons. The third kappa shape index (κ3) is 7.84. The van der Waals surface area contributed by atoms with E-state index >= 15 is 0 Å². The van der Waals surface area contributed by atoms with E-state index in [-0.39, 0.29) is 47.7 Å². The first kappa shape index (κ1) is 42.8. The van der Waals surface area contributed by atoms with Crippen LogP contribution in [-0.4, -0.2) is 93.0 Å². The number of nitrogens with zero attached hydrogens (tertiary/aromatic N) is 4. The van der Waals surface area contributed by atoms with Crippen LogP contribution in [0.3, 0.4) is 0 Å². The maximum atomic E-state index is 14.6. The van der Waals surface area contributed by atoms with Gasteiger partial charge in [-0.05, 0) is 95.2 Å². The molecule has 2 aromatic heterocycles. The number of piperidine rings is 1. The van der Waals surface area contributed by atoms with Crippen molar-refractivity contribution >= 4 is 67.4 Å². The van der Waals surface area contributed by atoms with E-state index in [0.717, 1.165) is 97.6 Å². The summed E-state index contributed by atoms with van der Waals surface area (Å²) in [6, 6.07) is 28.8.